The van der Waals surface area contributed by atoms with Gasteiger partial charge in [0.25, 0.3) is 0 Å². The van der Waals surface area contributed by atoms with Gasteiger partial charge in [-0.15, -0.1) is 5.10 Å². The molecule has 3 rings (SSSR count). The molecule has 2 N–H and O–H groups in total. The van der Waals surface area contributed by atoms with Crippen molar-refractivity contribution in [2.24, 2.45) is 5.73 Å². The minimum atomic E-state index is -0.355. The first-order valence-corrected chi connectivity index (χ1v) is 6.23. The zero-order chi connectivity index (χ0) is 13.3. The van der Waals surface area contributed by atoms with Crippen LogP contribution in [0.15, 0.2) is 10.7 Å². The normalized spacial score (nSPS) is 17.4. The lowest BCUT2D eigenvalue weighted by Gasteiger charge is -2.37. The first kappa shape index (κ1) is 12.2. The standard InChI is InChI=1S/C11H16N6O2/c1-18-11(3-2-4-11)10-13-9(19-15-10)7-17-6-8(5-12)14-16-17/h6H,2-5,7,12H2,1H3. The third-order valence-electron chi connectivity index (χ3n) is 3.52. The molecule has 0 aromatic carbocycles. The van der Waals surface area contributed by atoms with Crippen LogP contribution in [-0.2, 0) is 23.4 Å². The van der Waals surface area contributed by atoms with Gasteiger partial charge in [0, 0.05) is 13.7 Å². The number of ether oxygens (including phenoxy) is 1. The fourth-order valence-electron chi connectivity index (χ4n) is 2.17. The third kappa shape index (κ3) is 2.13. The van der Waals surface area contributed by atoms with Crippen LogP contribution < -0.4 is 5.73 Å². The van der Waals surface area contributed by atoms with Crippen molar-refractivity contribution in [3.63, 3.8) is 0 Å². The fourth-order valence-corrected chi connectivity index (χ4v) is 2.17. The van der Waals surface area contributed by atoms with E-state index in [4.69, 9.17) is 15.0 Å². The van der Waals surface area contributed by atoms with Crippen LogP contribution in [0, 0.1) is 0 Å². The molecule has 1 aliphatic carbocycles. The fraction of sp³-hybridized carbons (Fsp3) is 0.636. The Hall–Kier alpha value is -1.80. The average molecular weight is 264 g/mol. The van der Waals surface area contributed by atoms with E-state index in [9.17, 15) is 0 Å². The second kappa shape index (κ2) is 4.71. The molecular formula is C11H16N6O2. The molecule has 0 amide bonds. The molecule has 0 saturated heterocycles. The van der Waals surface area contributed by atoms with Crippen LogP contribution in [0.5, 0.6) is 0 Å². The van der Waals surface area contributed by atoms with Gasteiger partial charge in [-0.3, -0.25) is 0 Å². The molecule has 0 spiro atoms. The van der Waals surface area contributed by atoms with E-state index in [1.807, 2.05) is 0 Å². The highest BCUT2D eigenvalue weighted by Crippen LogP contribution is 2.42. The monoisotopic (exact) mass is 264 g/mol. The van der Waals surface area contributed by atoms with Gasteiger partial charge in [-0.05, 0) is 19.3 Å². The summed E-state index contributed by atoms with van der Waals surface area (Å²) in [5.41, 5.74) is 5.85. The Labute approximate surface area is 109 Å². The largest absolute Gasteiger partial charge is 0.370 e. The van der Waals surface area contributed by atoms with Crippen LogP contribution in [0.25, 0.3) is 0 Å². The van der Waals surface area contributed by atoms with Crippen molar-refractivity contribution in [3.05, 3.63) is 23.6 Å². The molecule has 8 nitrogen and oxygen atoms in total. The van der Waals surface area contributed by atoms with Crippen LogP contribution in [-0.4, -0.2) is 32.2 Å². The summed E-state index contributed by atoms with van der Waals surface area (Å²) in [7, 11) is 1.68. The second-order valence-corrected chi connectivity index (χ2v) is 4.68. The molecule has 0 unspecified atom stereocenters. The average Bonchev–Trinajstić information content (AvgIpc) is 2.99. The van der Waals surface area contributed by atoms with E-state index in [1.165, 1.54) is 0 Å². The first-order valence-electron chi connectivity index (χ1n) is 6.23. The molecule has 19 heavy (non-hydrogen) atoms. The molecule has 1 saturated carbocycles. The van der Waals surface area contributed by atoms with Crippen LogP contribution in [0.3, 0.4) is 0 Å². The molecule has 0 radical (unpaired) electrons. The molecule has 0 aliphatic heterocycles. The zero-order valence-corrected chi connectivity index (χ0v) is 10.7. The van der Waals surface area contributed by atoms with Crippen molar-refractivity contribution in [2.75, 3.05) is 7.11 Å². The molecule has 102 valence electrons. The lowest BCUT2D eigenvalue weighted by atomic mass is 9.79. The van der Waals surface area contributed by atoms with Crippen molar-refractivity contribution in [2.45, 2.75) is 38.0 Å². The van der Waals surface area contributed by atoms with E-state index in [-0.39, 0.29) is 5.60 Å². The molecule has 0 bridgehead atoms. The second-order valence-electron chi connectivity index (χ2n) is 4.68. The van der Waals surface area contributed by atoms with Crippen LogP contribution in [0.4, 0.5) is 0 Å². The van der Waals surface area contributed by atoms with Gasteiger partial charge in [0.15, 0.2) is 0 Å². The highest BCUT2D eigenvalue weighted by Gasteiger charge is 2.43. The molecular weight excluding hydrogens is 248 g/mol. The summed E-state index contributed by atoms with van der Waals surface area (Å²) < 4.78 is 12.4. The quantitative estimate of drug-likeness (QED) is 0.821. The summed E-state index contributed by atoms with van der Waals surface area (Å²) in [6.07, 6.45) is 4.76. The molecule has 0 atom stereocenters. The molecule has 2 aromatic rings. The third-order valence-corrected chi connectivity index (χ3v) is 3.52. The van der Waals surface area contributed by atoms with E-state index in [2.05, 4.69) is 20.5 Å². The van der Waals surface area contributed by atoms with Gasteiger partial charge in [-0.1, -0.05) is 10.4 Å². The van der Waals surface area contributed by atoms with E-state index >= 15 is 0 Å². The molecule has 1 aliphatic rings. The predicted octanol–water partition coefficient (Wildman–Crippen LogP) is 0.194. The van der Waals surface area contributed by atoms with Gasteiger partial charge in [0.1, 0.15) is 12.1 Å². The summed E-state index contributed by atoms with van der Waals surface area (Å²) in [4.78, 5) is 4.38. The maximum absolute atomic E-state index is 5.51. The van der Waals surface area contributed by atoms with Crippen LogP contribution >= 0.6 is 0 Å². The van der Waals surface area contributed by atoms with E-state index in [0.717, 1.165) is 25.0 Å². The SMILES string of the molecule is COC1(c2noc(Cn3cc(CN)nn3)n2)CCC1. The van der Waals surface area contributed by atoms with E-state index < -0.39 is 0 Å². The summed E-state index contributed by atoms with van der Waals surface area (Å²) in [5.74, 6) is 1.11. The number of methoxy groups -OCH3 is 1. The van der Waals surface area contributed by atoms with E-state index in [0.29, 0.717) is 24.8 Å². The summed E-state index contributed by atoms with van der Waals surface area (Å²) in [5, 5.41) is 11.8. The Kier molecular flexibility index (Phi) is 3.03. The minimum absolute atomic E-state index is 0.355. The van der Waals surface area contributed by atoms with Gasteiger partial charge in [-0.2, -0.15) is 4.98 Å². The molecule has 1 fully saturated rings. The molecule has 2 heterocycles. The summed E-state index contributed by atoms with van der Waals surface area (Å²) in [6.45, 7) is 0.752. The van der Waals surface area contributed by atoms with Crippen molar-refractivity contribution in [3.8, 4) is 0 Å². The molecule has 2 aromatic heterocycles. The minimum Gasteiger partial charge on any atom is -0.370 e. The highest BCUT2D eigenvalue weighted by molar-refractivity contribution is 5.06. The summed E-state index contributed by atoms with van der Waals surface area (Å²) >= 11 is 0. The maximum Gasteiger partial charge on any atom is 0.248 e. The van der Waals surface area contributed by atoms with Gasteiger partial charge >= 0.3 is 0 Å². The summed E-state index contributed by atoms with van der Waals surface area (Å²) in [6, 6.07) is 0. The lowest BCUT2D eigenvalue weighted by Crippen LogP contribution is -2.37. The molecule has 8 heteroatoms. The van der Waals surface area contributed by atoms with Crippen molar-refractivity contribution in [1.82, 2.24) is 25.1 Å². The number of hydrogen-bond donors (Lipinski definition) is 1. The van der Waals surface area contributed by atoms with Crippen molar-refractivity contribution < 1.29 is 9.26 Å². The Bertz CT molecular complexity index is 554. The number of hydrogen-bond acceptors (Lipinski definition) is 7. The maximum atomic E-state index is 5.51. The van der Waals surface area contributed by atoms with Gasteiger partial charge in [0.2, 0.25) is 11.7 Å². The van der Waals surface area contributed by atoms with E-state index in [1.54, 1.807) is 18.0 Å². The van der Waals surface area contributed by atoms with Crippen LogP contribution in [0.2, 0.25) is 0 Å². The van der Waals surface area contributed by atoms with Gasteiger partial charge in [-0.25, -0.2) is 4.68 Å². The topological polar surface area (TPSA) is 105 Å². The van der Waals surface area contributed by atoms with Crippen LogP contribution in [0.1, 0.15) is 36.7 Å². The number of rotatable bonds is 5. The lowest BCUT2D eigenvalue weighted by molar-refractivity contribution is -0.0858. The Morgan fingerprint density at radius 3 is 2.95 bits per heavy atom. The first-order chi connectivity index (χ1) is 9.25. The number of nitrogens with zero attached hydrogens (tertiary/aromatic N) is 5. The Balaban J connectivity index is 1.74. The highest BCUT2D eigenvalue weighted by atomic mass is 16.5. The van der Waals surface area contributed by atoms with Crippen molar-refractivity contribution >= 4 is 0 Å². The van der Waals surface area contributed by atoms with Crippen molar-refractivity contribution in [1.29, 1.82) is 0 Å². The Morgan fingerprint density at radius 2 is 2.37 bits per heavy atom. The predicted molar refractivity (Wildman–Crippen MR) is 63.9 cm³/mol. The smallest absolute Gasteiger partial charge is 0.248 e. The Morgan fingerprint density at radius 1 is 1.53 bits per heavy atom. The number of aromatic nitrogens is 5. The van der Waals surface area contributed by atoms with Gasteiger partial charge in [0.05, 0.1) is 11.9 Å². The zero-order valence-electron chi connectivity index (χ0n) is 10.7. The van der Waals surface area contributed by atoms with Gasteiger partial charge < -0.3 is 15.0 Å². The number of nitrogens with two attached hydrogens (primary N) is 1.